The van der Waals surface area contributed by atoms with E-state index in [1.807, 2.05) is 6.33 Å². The second kappa shape index (κ2) is 5.57. The Kier molecular flexibility index (Phi) is 4.19. The maximum absolute atomic E-state index is 4.54. The number of imidazole rings is 1. The molecular formula is C17H27N3. The van der Waals surface area contributed by atoms with Gasteiger partial charge in [-0.2, -0.15) is 0 Å². The zero-order valence-electron chi connectivity index (χ0n) is 13.6. The first-order valence-electron chi connectivity index (χ1n) is 7.44. The summed E-state index contributed by atoms with van der Waals surface area (Å²) in [6, 6.07) is 4.96. The molecule has 0 unspecified atom stereocenters. The first kappa shape index (κ1) is 15.0. The minimum absolute atomic E-state index is 0.205. The molecule has 0 saturated heterocycles. The van der Waals surface area contributed by atoms with Gasteiger partial charge < -0.3 is 9.88 Å². The average Bonchev–Trinajstić information content (AvgIpc) is 2.70. The van der Waals surface area contributed by atoms with E-state index in [0.29, 0.717) is 6.04 Å². The molecule has 0 atom stereocenters. The summed E-state index contributed by atoms with van der Waals surface area (Å²) in [5, 5.41) is 3.53. The van der Waals surface area contributed by atoms with Crippen molar-refractivity contribution in [2.45, 2.75) is 54.1 Å². The van der Waals surface area contributed by atoms with Gasteiger partial charge in [0.05, 0.1) is 17.4 Å². The maximum atomic E-state index is 4.54. The van der Waals surface area contributed by atoms with E-state index >= 15 is 0 Å². The van der Waals surface area contributed by atoms with Crippen molar-refractivity contribution in [1.29, 1.82) is 0 Å². The molecule has 2 aromatic rings. The summed E-state index contributed by atoms with van der Waals surface area (Å²) in [5.41, 5.74) is 5.18. The first-order valence-corrected chi connectivity index (χ1v) is 7.44. The highest BCUT2D eigenvalue weighted by atomic mass is 15.1. The number of nitrogens with zero attached hydrogens (tertiary/aromatic N) is 2. The molecule has 0 saturated carbocycles. The molecule has 1 aromatic carbocycles. The SMILES string of the molecule is Cc1cc2ncn(CC(C)(C)CNC(C)C)c2cc1C. The van der Waals surface area contributed by atoms with Crippen LogP contribution in [0.2, 0.25) is 0 Å². The van der Waals surface area contributed by atoms with Gasteiger partial charge in [0.15, 0.2) is 0 Å². The van der Waals surface area contributed by atoms with Gasteiger partial charge in [0.2, 0.25) is 0 Å². The molecule has 0 fully saturated rings. The molecule has 0 bridgehead atoms. The Hall–Kier alpha value is -1.35. The van der Waals surface area contributed by atoms with Crippen LogP contribution in [0, 0.1) is 19.3 Å². The van der Waals surface area contributed by atoms with Crippen LogP contribution in [0.5, 0.6) is 0 Å². The number of hydrogen-bond acceptors (Lipinski definition) is 2. The lowest BCUT2D eigenvalue weighted by Gasteiger charge is -2.27. The van der Waals surface area contributed by atoms with E-state index in [0.717, 1.165) is 18.6 Å². The number of fused-ring (bicyclic) bond motifs is 1. The fourth-order valence-electron chi connectivity index (χ4n) is 2.44. The van der Waals surface area contributed by atoms with Crippen LogP contribution in [-0.2, 0) is 6.54 Å². The number of hydrogen-bond donors (Lipinski definition) is 1. The van der Waals surface area contributed by atoms with Crippen molar-refractivity contribution in [2.75, 3.05) is 6.54 Å². The summed E-state index contributed by atoms with van der Waals surface area (Å²) in [7, 11) is 0. The number of nitrogens with one attached hydrogen (secondary N) is 1. The Labute approximate surface area is 122 Å². The molecule has 110 valence electrons. The highest BCUT2D eigenvalue weighted by molar-refractivity contribution is 5.77. The topological polar surface area (TPSA) is 29.9 Å². The molecule has 1 aromatic heterocycles. The third kappa shape index (κ3) is 3.40. The van der Waals surface area contributed by atoms with Crippen molar-refractivity contribution in [3.8, 4) is 0 Å². The molecule has 2 rings (SSSR count). The number of aromatic nitrogens is 2. The molecule has 0 radical (unpaired) electrons. The molecule has 20 heavy (non-hydrogen) atoms. The van der Waals surface area contributed by atoms with Gasteiger partial charge in [-0.15, -0.1) is 0 Å². The van der Waals surface area contributed by atoms with E-state index in [4.69, 9.17) is 0 Å². The standard InChI is InChI=1S/C17H27N3/c1-12(2)18-9-17(5,6)10-20-11-19-15-7-13(3)14(4)8-16(15)20/h7-8,11-12,18H,9-10H2,1-6H3. The van der Waals surface area contributed by atoms with E-state index in [2.05, 4.69) is 68.5 Å². The minimum atomic E-state index is 0.205. The summed E-state index contributed by atoms with van der Waals surface area (Å²) < 4.78 is 2.28. The Morgan fingerprint density at radius 3 is 2.50 bits per heavy atom. The fourth-order valence-corrected chi connectivity index (χ4v) is 2.44. The van der Waals surface area contributed by atoms with Crippen molar-refractivity contribution in [1.82, 2.24) is 14.9 Å². The Morgan fingerprint density at radius 2 is 1.85 bits per heavy atom. The van der Waals surface area contributed by atoms with Gasteiger partial charge in [-0.05, 0) is 42.5 Å². The van der Waals surface area contributed by atoms with Gasteiger partial charge in [-0.25, -0.2) is 4.98 Å². The lowest BCUT2D eigenvalue weighted by molar-refractivity contribution is 0.284. The molecule has 1 heterocycles. The largest absolute Gasteiger partial charge is 0.330 e. The van der Waals surface area contributed by atoms with Crippen molar-refractivity contribution >= 4 is 11.0 Å². The van der Waals surface area contributed by atoms with Crippen LogP contribution in [0.25, 0.3) is 11.0 Å². The van der Waals surface area contributed by atoms with Gasteiger partial charge in [0.25, 0.3) is 0 Å². The molecule has 0 spiro atoms. The normalized spacial score (nSPS) is 12.6. The number of rotatable bonds is 5. The second-order valence-electron chi connectivity index (χ2n) is 7.00. The van der Waals surface area contributed by atoms with Crippen LogP contribution >= 0.6 is 0 Å². The summed E-state index contributed by atoms with van der Waals surface area (Å²) in [5.74, 6) is 0. The monoisotopic (exact) mass is 273 g/mol. The smallest absolute Gasteiger partial charge is 0.0958 e. The molecule has 0 aliphatic rings. The fraction of sp³-hybridized carbons (Fsp3) is 0.588. The first-order chi connectivity index (χ1) is 9.28. The summed E-state index contributed by atoms with van der Waals surface area (Å²) in [6.45, 7) is 15.3. The van der Waals surface area contributed by atoms with Gasteiger partial charge in [-0.3, -0.25) is 0 Å². The third-order valence-electron chi connectivity index (χ3n) is 3.82. The van der Waals surface area contributed by atoms with Crippen LogP contribution < -0.4 is 5.32 Å². The van der Waals surface area contributed by atoms with Crippen molar-refractivity contribution in [3.05, 3.63) is 29.6 Å². The van der Waals surface area contributed by atoms with Crippen LogP contribution in [0.3, 0.4) is 0 Å². The summed E-state index contributed by atoms with van der Waals surface area (Å²) in [4.78, 5) is 4.54. The Balaban J connectivity index is 2.23. The van der Waals surface area contributed by atoms with E-state index in [1.165, 1.54) is 16.6 Å². The van der Waals surface area contributed by atoms with E-state index in [-0.39, 0.29) is 5.41 Å². The van der Waals surface area contributed by atoms with Gasteiger partial charge in [0, 0.05) is 19.1 Å². The van der Waals surface area contributed by atoms with Gasteiger partial charge in [0.1, 0.15) is 0 Å². The summed E-state index contributed by atoms with van der Waals surface area (Å²) in [6.07, 6.45) is 1.97. The highest BCUT2D eigenvalue weighted by Crippen LogP contribution is 2.23. The lowest BCUT2D eigenvalue weighted by Crippen LogP contribution is -2.36. The van der Waals surface area contributed by atoms with Crippen molar-refractivity contribution in [3.63, 3.8) is 0 Å². The van der Waals surface area contributed by atoms with Crippen LogP contribution in [0.1, 0.15) is 38.8 Å². The molecule has 0 aliphatic carbocycles. The number of aryl methyl sites for hydroxylation is 2. The number of benzene rings is 1. The van der Waals surface area contributed by atoms with E-state index < -0.39 is 0 Å². The third-order valence-corrected chi connectivity index (χ3v) is 3.82. The molecule has 0 amide bonds. The lowest BCUT2D eigenvalue weighted by atomic mass is 9.93. The Bertz CT molecular complexity index is 594. The second-order valence-corrected chi connectivity index (χ2v) is 7.00. The van der Waals surface area contributed by atoms with E-state index in [1.54, 1.807) is 0 Å². The van der Waals surface area contributed by atoms with Gasteiger partial charge >= 0.3 is 0 Å². The maximum Gasteiger partial charge on any atom is 0.0958 e. The van der Waals surface area contributed by atoms with Gasteiger partial charge in [-0.1, -0.05) is 27.7 Å². The zero-order valence-corrected chi connectivity index (χ0v) is 13.6. The zero-order chi connectivity index (χ0) is 14.9. The molecule has 0 aliphatic heterocycles. The molecule has 1 N–H and O–H groups in total. The molecule has 3 heteroatoms. The van der Waals surface area contributed by atoms with E-state index in [9.17, 15) is 0 Å². The van der Waals surface area contributed by atoms with Crippen LogP contribution in [0.15, 0.2) is 18.5 Å². The summed E-state index contributed by atoms with van der Waals surface area (Å²) >= 11 is 0. The Morgan fingerprint density at radius 1 is 1.20 bits per heavy atom. The average molecular weight is 273 g/mol. The molecular weight excluding hydrogens is 246 g/mol. The quantitative estimate of drug-likeness (QED) is 0.900. The predicted molar refractivity (Wildman–Crippen MR) is 86.1 cm³/mol. The van der Waals surface area contributed by atoms with Crippen molar-refractivity contribution < 1.29 is 0 Å². The van der Waals surface area contributed by atoms with Crippen LogP contribution in [0.4, 0.5) is 0 Å². The van der Waals surface area contributed by atoms with Crippen molar-refractivity contribution in [2.24, 2.45) is 5.41 Å². The minimum Gasteiger partial charge on any atom is -0.330 e. The van der Waals surface area contributed by atoms with Crippen LogP contribution in [-0.4, -0.2) is 22.1 Å². The highest BCUT2D eigenvalue weighted by Gasteiger charge is 2.20. The predicted octanol–water partition coefficient (Wildman–Crippen LogP) is 3.68. The molecule has 3 nitrogen and oxygen atoms in total.